The standard InChI is InChI=1S/C16H14ClFO3/c1-9-6-14(20-2)15(21-3)8-12(9)16(19)11-5-4-10(17)7-13(11)18/h4-8H,1-3H3. The van der Waals surface area contributed by atoms with Crippen LogP contribution in [-0.4, -0.2) is 20.0 Å². The van der Waals surface area contributed by atoms with E-state index < -0.39 is 11.6 Å². The van der Waals surface area contributed by atoms with Crippen LogP contribution >= 0.6 is 11.6 Å². The molecule has 5 heteroatoms. The number of ketones is 1. The molecule has 2 aromatic carbocycles. The van der Waals surface area contributed by atoms with Crippen LogP contribution in [0.3, 0.4) is 0 Å². The lowest BCUT2D eigenvalue weighted by molar-refractivity contribution is 0.103. The highest BCUT2D eigenvalue weighted by atomic mass is 35.5. The number of aryl methyl sites for hydroxylation is 1. The highest BCUT2D eigenvalue weighted by molar-refractivity contribution is 6.30. The molecule has 0 bridgehead atoms. The van der Waals surface area contributed by atoms with Gasteiger partial charge in [0.25, 0.3) is 0 Å². The Bertz CT molecular complexity index is 698. The fourth-order valence-electron chi connectivity index (χ4n) is 2.04. The molecule has 0 radical (unpaired) electrons. The summed E-state index contributed by atoms with van der Waals surface area (Å²) in [7, 11) is 2.99. The average molecular weight is 309 g/mol. The molecule has 21 heavy (non-hydrogen) atoms. The van der Waals surface area contributed by atoms with Crippen molar-refractivity contribution in [3.63, 3.8) is 0 Å². The first kappa shape index (κ1) is 15.3. The zero-order chi connectivity index (χ0) is 15.6. The summed E-state index contributed by atoms with van der Waals surface area (Å²) in [6, 6.07) is 7.19. The second-order valence-electron chi connectivity index (χ2n) is 4.48. The van der Waals surface area contributed by atoms with Gasteiger partial charge in [0.15, 0.2) is 17.3 Å². The van der Waals surface area contributed by atoms with Crippen LogP contribution in [-0.2, 0) is 0 Å². The van der Waals surface area contributed by atoms with E-state index in [4.69, 9.17) is 21.1 Å². The molecule has 0 aliphatic rings. The van der Waals surface area contributed by atoms with Crippen molar-refractivity contribution in [3.8, 4) is 11.5 Å². The van der Waals surface area contributed by atoms with E-state index in [-0.39, 0.29) is 10.6 Å². The van der Waals surface area contributed by atoms with E-state index in [1.54, 1.807) is 19.1 Å². The van der Waals surface area contributed by atoms with Gasteiger partial charge in [-0.25, -0.2) is 4.39 Å². The van der Waals surface area contributed by atoms with Crippen LogP contribution in [0.25, 0.3) is 0 Å². The van der Waals surface area contributed by atoms with E-state index >= 15 is 0 Å². The first-order chi connectivity index (χ1) is 9.97. The summed E-state index contributed by atoms with van der Waals surface area (Å²) < 4.78 is 24.2. The molecular weight excluding hydrogens is 295 g/mol. The number of halogens is 2. The highest BCUT2D eigenvalue weighted by Crippen LogP contribution is 2.31. The van der Waals surface area contributed by atoms with Gasteiger partial charge in [-0.15, -0.1) is 0 Å². The Kier molecular flexibility index (Phi) is 4.48. The zero-order valence-corrected chi connectivity index (χ0v) is 12.6. The molecule has 0 aromatic heterocycles. The van der Waals surface area contributed by atoms with Crippen LogP contribution in [0.15, 0.2) is 30.3 Å². The van der Waals surface area contributed by atoms with Crippen LogP contribution in [0.1, 0.15) is 21.5 Å². The monoisotopic (exact) mass is 308 g/mol. The minimum atomic E-state index is -0.651. The number of ether oxygens (including phenoxy) is 2. The van der Waals surface area contributed by atoms with Gasteiger partial charge in [-0.05, 0) is 42.8 Å². The molecule has 0 saturated heterocycles. The minimum Gasteiger partial charge on any atom is -0.493 e. The average Bonchev–Trinajstić information content (AvgIpc) is 2.46. The van der Waals surface area contributed by atoms with Gasteiger partial charge in [0.2, 0.25) is 0 Å². The van der Waals surface area contributed by atoms with Crippen molar-refractivity contribution in [1.82, 2.24) is 0 Å². The summed E-state index contributed by atoms with van der Waals surface area (Å²) in [5, 5.41) is 0.244. The Morgan fingerprint density at radius 3 is 2.24 bits per heavy atom. The van der Waals surface area contributed by atoms with Crippen molar-refractivity contribution in [2.45, 2.75) is 6.92 Å². The maximum Gasteiger partial charge on any atom is 0.196 e. The Morgan fingerprint density at radius 1 is 1.05 bits per heavy atom. The molecule has 110 valence electrons. The van der Waals surface area contributed by atoms with E-state index in [0.29, 0.717) is 22.6 Å². The molecule has 0 N–H and O–H groups in total. The summed E-state index contributed by atoms with van der Waals surface area (Å²) in [5.74, 6) is -0.145. The van der Waals surface area contributed by atoms with E-state index in [2.05, 4.69) is 0 Å². The summed E-state index contributed by atoms with van der Waals surface area (Å²) in [6.07, 6.45) is 0. The second-order valence-corrected chi connectivity index (χ2v) is 4.91. The van der Waals surface area contributed by atoms with Crippen molar-refractivity contribution in [1.29, 1.82) is 0 Å². The highest BCUT2D eigenvalue weighted by Gasteiger charge is 2.19. The lowest BCUT2D eigenvalue weighted by Crippen LogP contribution is -2.07. The van der Waals surface area contributed by atoms with Crippen LogP contribution in [0, 0.1) is 12.7 Å². The van der Waals surface area contributed by atoms with Crippen LogP contribution < -0.4 is 9.47 Å². The summed E-state index contributed by atoms with van der Waals surface area (Å²) in [5.41, 5.74) is 0.996. The molecule has 0 atom stereocenters. The summed E-state index contributed by atoms with van der Waals surface area (Å²) >= 11 is 5.70. The number of hydrogen-bond acceptors (Lipinski definition) is 3. The molecule has 0 aliphatic heterocycles. The molecule has 0 heterocycles. The lowest BCUT2D eigenvalue weighted by Gasteiger charge is -2.12. The van der Waals surface area contributed by atoms with Gasteiger partial charge in [0.1, 0.15) is 5.82 Å². The van der Waals surface area contributed by atoms with Gasteiger partial charge in [-0.2, -0.15) is 0 Å². The molecule has 3 nitrogen and oxygen atoms in total. The van der Waals surface area contributed by atoms with Gasteiger partial charge in [-0.3, -0.25) is 4.79 Å². The molecule has 0 spiro atoms. The van der Waals surface area contributed by atoms with Crippen molar-refractivity contribution < 1.29 is 18.7 Å². The molecule has 0 saturated carbocycles. The Labute approximate surface area is 127 Å². The van der Waals surface area contributed by atoms with E-state index in [9.17, 15) is 9.18 Å². The molecular formula is C16H14ClFO3. The number of carbonyl (C=O) groups excluding carboxylic acids is 1. The quantitative estimate of drug-likeness (QED) is 0.800. The van der Waals surface area contributed by atoms with Crippen molar-refractivity contribution in [3.05, 3.63) is 57.9 Å². The SMILES string of the molecule is COc1cc(C)c(C(=O)c2ccc(Cl)cc2F)cc1OC. The normalized spacial score (nSPS) is 10.3. The first-order valence-corrected chi connectivity index (χ1v) is 6.58. The zero-order valence-electron chi connectivity index (χ0n) is 11.9. The maximum atomic E-state index is 13.9. The third-order valence-corrected chi connectivity index (χ3v) is 3.39. The van der Waals surface area contributed by atoms with Crippen LogP contribution in [0.5, 0.6) is 11.5 Å². The Hall–Kier alpha value is -2.07. The summed E-state index contributed by atoms with van der Waals surface area (Å²) in [4.78, 5) is 12.5. The van der Waals surface area contributed by atoms with E-state index in [1.165, 1.54) is 26.4 Å². The van der Waals surface area contributed by atoms with Gasteiger partial charge < -0.3 is 9.47 Å². The van der Waals surface area contributed by atoms with Crippen molar-refractivity contribution >= 4 is 17.4 Å². The third-order valence-electron chi connectivity index (χ3n) is 3.15. The predicted octanol–water partition coefficient (Wildman–Crippen LogP) is 4.04. The van der Waals surface area contributed by atoms with Crippen molar-refractivity contribution in [2.24, 2.45) is 0 Å². The predicted molar refractivity (Wildman–Crippen MR) is 79.1 cm³/mol. The first-order valence-electron chi connectivity index (χ1n) is 6.20. The molecule has 0 amide bonds. The van der Waals surface area contributed by atoms with Crippen LogP contribution in [0.2, 0.25) is 5.02 Å². The second kappa shape index (κ2) is 6.14. The number of methoxy groups -OCH3 is 2. The Balaban J connectivity index is 2.53. The topological polar surface area (TPSA) is 35.5 Å². The number of hydrogen-bond donors (Lipinski definition) is 0. The van der Waals surface area contributed by atoms with Gasteiger partial charge >= 0.3 is 0 Å². The Morgan fingerprint density at radius 2 is 1.67 bits per heavy atom. The molecule has 0 aliphatic carbocycles. The van der Waals surface area contributed by atoms with E-state index in [1.807, 2.05) is 0 Å². The van der Waals surface area contributed by atoms with E-state index in [0.717, 1.165) is 6.07 Å². The number of benzene rings is 2. The molecule has 2 aromatic rings. The molecule has 0 unspecified atom stereocenters. The smallest absolute Gasteiger partial charge is 0.196 e. The molecule has 2 rings (SSSR count). The fraction of sp³-hybridized carbons (Fsp3) is 0.188. The maximum absolute atomic E-state index is 13.9. The van der Waals surface area contributed by atoms with Gasteiger partial charge in [0.05, 0.1) is 19.8 Å². The number of rotatable bonds is 4. The van der Waals surface area contributed by atoms with Crippen molar-refractivity contribution in [2.75, 3.05) is 14.2 Å². The minimum absolute atomic E-state index is 0.0327. The van der Waals surface area contributed by atoms with Gasteiger partial charge in [0, 0.05) is 10.6 Å². The van der Waals surface area contributed by atoms with Crippen LogP contribution in [0.4, 0.5) is 4.39 Å². The number of carbonyl (C=O) groups is 1. The fourth-order valence-corrected chi connectivity index (χ4v) is 2.20. The lowest BCUT2D eigenvalue weighted by atomic mass is 9.98. The molecule has 0 fully saturated rings. The summed E-state index contributed by atoms with van der Waals surface area (Å²) in [6.45, 7) is 1.75. The third kappa shape index (κ3) is 3.00. The van der Waals surface area contributed by atoms with Gasteiger partial charge in [-0.1, -0.05) is 11.6 Å². The largest absolute Gasteiger partial charge is 0.493 e.